The SMILES string of the molecule is N#CCSc1ccccc1C(=O)ON1C(=O)c2ccccc2C1=O. The molecule has 2 aromatic carbocycles. The van der Waals surface area contributed by atoms with Gasteiger partial charge in [-0.05, 0) is 24.3 Å². The molecule has 24 heavy (non-hydrogen) atoms. The molecule has 0 spiro atoms. The summed E-state index contributed by atoms with van der Waals surface area (Å²) in [4.78, 5) is 42.3. The van der Waals surface area contributed by atoms with Gasteiger partial charge in [-0.1, -0.05) is 29.3 Å². The molecule has 1 heterocycles. The Morgan fingerprint density at radius 2 is 1.62 bits per heavy atom. The van der Waals surface area contributed by atoms with Gasteiger partial charge in [0.1, 0.15) is 0 Å². The summed E-state index contributed by atoms with van der Waals surface area (Å²) in [5.74, 6) is -2.01. The maximum absolute atomic E-state index is 12.4. The molecule has 0 radical (unpaired) electrons. The largest absolute Gasteiger partial charge is 0.365 e. The Kier molecular flexibility index (Phi) is 4.31. The number of nitrogens with zero attached hydrogens (tertiary/aromatic N) is 2. The summed E-state index contributed by atoms with van der Waals surface area (Å²) in [6.45, 7) is 0. The Labute approximate surface area is 141 Å². The van der Waals surface area contributed by atoms with Gasteiger partial charge in [-0.3, -0.25) is 9.59 Å². The Balaban J connectivity index is 1.83. The highest BCUT2D eigenvalue weighted by atomic mass is 32.2. The van der Waals surface area contributed by atoms with Gasteiger partial charge >= 0.3 is 5.97 Å². The molecule has 7 heteroatoms. The highest BCUT2D eigenvalue weighted by Gasteiger charge is 2.39. The summed E-state index contributed by atoms with van der Waals surface area (Å²) < 4.78 is 0. The summed E-state index contributed by atoms with van der Waals surface area (Å²) in [7, 11) is 0. The average molecular weight is 338 g/mol. The molecule has 0 saturated carbocycles. The fourth-order valence-electron chi connectivity index (χ4n) is 2.25. The number of carbonyl (C=O) groups excluding carboxylic acids is 3. The number of fused-ring (bicyclic) bond motifs is 1. The molecule has 118 valence electrons. The van der Waals surface area contributed by atoms with Crippen molar-refractivity contribution in [3.63, 3.8) is 0 Å². The third kappa shape index (κ3) is 2.75. The van der Waals surface area contributed by atoms with Crippen LogP contribution in [0.1, 0.15) is 31.1 Å². The topological polar surface area (TPSA) is 87.5 Å². The molecule has 1 aliphatic heterocycles. The van der Waals surface area contributed by atoms with Crippen LogP contribution in [-0.2, 0) is 4.84 Å². The average Bonchev–Trinajstić information content (AvgIpc) is 2.85. The van der Waals surface area contributed by atoms with Crippen molar-refractivity contribution in [3.8, 4) is 6.07 Å². The number of benzene rings is 2. The quantitative estimate of drug-likeness (QED) is 0.629. The van der Waals surface area contributed by atoms with Gasteiger partial charge < -0.3 is 4.84 Å². The van der Waals surface area contributed by atoms with Crippen LogP contribution in [0, 0.1) is 11.3 Å². The maximum atomic E-state index is 12.4. The van der Waals surface area contributed by atoms with Crippen molar-refractivity contribution in [1.82, 2.24) is 5.06 Å². The van der Waals surface area contributed by atoms with E-state index in [1.165, 1.54) is 30.0 Å². The number of thioether (sulfide) groups is 1. The van der Waals surface area contributed by atoms with Gasteiger partial charge in [-0.2, -0.15) is 5.26 Å². The fraction of sp³-hybridized carbons (Fsp3) is 0.0588. The number of hydroxylamine groups is 2. The maximum Gasteiger partial charge on any atom is 0.365 e. The van der Waals surface area contributed by atoms with E-state index in [1.54, 1.807) is 30.3 Å². The minimum absolute atomic E-state index is 0.164. The molecular formula is C17H10N2O4S. The number of imide groups is 1. The van der Waals surface area contributed by atoms with Gasteiger partial charge in [0.05, 0.1) is 28.5 Å². The number of nitriles is 1. The minimum atomic E-state index is -0.828. The van der Waals surface area contributed by atoms with Crippen molar-refractivity contribution in [2.45, 2.75) is 4.90 Å². The molecule has 2 aromatic rings. The molecule has 0 N–H and O–H groups in total. The van der Waals surface area contributed by atoms with E-state index in [4.69, 9.17) is 10.1 Å². The molecular weight excluding hydrogens is 328 g/mol. The molecule has 0 unspecified atom stereocenters. The van der Waals surface area contributed by atoms with Gasteiger partial charge in [0.25, 0.3) is 11.8 Å². The van der Waals surface area contributed by atoms with E-state index in [1.807, 2.05) is 6.07 Å². The molecule has 1 aliphatic rings. The summed E-state index contributed by atoms with van der Waals surface area (Å²) in [5, 5.41) is 9.14. The van der Waals surface area contributed by atoms with Crippen molar-refractivity contribution in [1.29, 1.82) is 5.26 Å². The predicted molar refractivity (Wildman–Crippen MR) is 85.1 cm³/mol. The third-order valence-corrected chi connectivity index (χ3v) is 4.27. The lowest BCUT2D eigenvalue weighted by molar-refractivity contribution is -0.0586. The van der Waals surface area contributed by atoms with Crippen LogP contribution < -0.4 is 0 Å². The first-order valence-electron chi connectivity index (χ1n) is 6.92. The van der Waals surface area contributed by atoms with Crippen molar-refractivity contribution in [3.05, 3.63) is 65.2 Å². The summed E-state index contributed by atoms with van der Waals surface area (Å²) in [6, 6.07) is 14.8. The Morgan fingerprint density at radius 1 is 1.04 bits per heavy atom. The second-order valence-corrected chi connectivity index (χ2v) is 5.79. The highest BCUT2D eigenvalue weighted by molar-refractivity contribution is 7.99. The lowest BCUT2D eigenvalue weighted by atomic mass is 10.1. The van der Waals surface area contributed by atoms with Crippen LogP contribution in [0.2, 0.25) is 0 Å². The number of rotatable bonds is 4. The second kappa shape index (κ2) is 6.56. The van der Waals surface area contributed by atoms with Gasteiger partial charge in [0, 0.05) is 4.90 Å². The van der Waals surface area contributed by atoms with Crippen LogP contribution in [0.15, 0.2) is 53.4 Å². The normalized spacial score (nSPS) is 12.7. The van der Waals surface area contributed by atoms with Crippen molar-refractivity contribution in [2.24, 2.45) is 0 Å². The molecule has 3 rings (SSSR count). The first-order chi connectivity index (χ1) is 11.6. The molecule has 2 amide bonds. The summed E-state index contributed by atoms with van der Waals surface area (Å²) >= 11 is 1.17. The Hall–Kier alpha value is -3.11. The van der Waals surface area contributed by atoms with E-state index in [0.717, 1.165) is 0 Å². The van der Waals surface area contributed by atoms with Crippen molar-refractivity contribution < 1.29 is 19.2 Å². The Bertz CT molecular complexity index is 853. The standard InChI is InChI=1S/C17H10N2O4S/c18-9-10-24-14-8-4-3-7-13(14)17(22)23-19-15(20)11-5-1-2-6-12(11)16(19)21/h1-8H,10H2. The van der Waals surface area contributed by atoms with Crippen molar-refractivity contribution in [2.75, 3.05) is 5.75 Å². The van der Waals surface area contributed by atoms with E-state index < -0.39 is 17.8 Å². The van der Waals surface area contributed by atoms with E-state index >= 15 is 0 Å². The van der Waals surface area contributed by atoms with Crippen LogP contribution in [0.3, 0.4) is 0 Å². The molecule has 0 fully saturated rings. The number of hydrogen-bond acceptors (Lipinski definition) is 6. The highest BCUT2D eigenvalue weighted by Crippen LogP contribution is 2.26. The van der Waals surface area contributed by atoms with Crippen LogP contribution in [0.5, 0.6) is 0 Å². The molecule has 0 saturated heterocycles. The molecule has 0 aliphatic carbocycles. The van der Waals surface area contributed by atoms with Crippen molar-refractivity contribution >= 4 is 29.5 Å². The second-order valence-electron chi connectivity index (χ2n) is 4.77. The van der Waals surface area contributed by atoms with Crippen LogP contribution in [-0.4, -0.2) is 28.6 Å². The lowest BCUT2D eigenvalue weighted by Crippen LogP contribution is -2.32. The molecule has 0 bridgehead atoms. The van der Waals surface area contributed by atoms with Gasteiger partial charge in [0.2, 0.25) is 0 Å². The van der Waals surface area contributed by atoms with E-state index in [0.29, 0.717) is 9.96 Å². The monoisotopic (exact) mass is 338 g/mol. The predicted octanol–water partition coefficient (Wildman–Crippen LogP) is 2.67. The smallest absolute Gasteiger partial charge is 0.324 e. The molecule has 0 aromatic heterocycles. The van der Waals surface area contributed by atoms with Gasteiger partial charge in [-0.25, -0.2) is 4.79 Å². The first-order valence-corrected chi connectivity index (χ1v) is 7.91. The number of hydrogen-bond donors (Lipinski definition) is 0. The zero-order valence-corrected chi connectivity index (χ0v) is 13.1. The number of amides is 2. The third-order valence-electron chi connectivity index (χ3n) is 3.33. The zero-order valence-electron chi connectivity index (χ0n) is 12.3. The first kappa shape index (κ1) is 15.8. The van der Waals surface area contributed by atoms with E-state index in [9.17, 15) is 14.4 Å². The fourth-order valence-corrected chi connectivity index (χ4v) is 2.96. The van der Waals surface area contributed by atoms with Crippen LogP contribution in [0.4, 0.5) is 0 Å². The van der Waals surface area contributed by atoms with E-state index in [-0.39, 0.29) is 22.4 Å². The van der Waals surface area contributed by atoms with Crippen LogP contribution in [0.25, 0.3) is 0 Å². The summed E-state index contributed by atoms with van der Waals surface area (Å²) in [5.41, 5.74) is 0.583. The van der Waals surface area contributed by atoms with Crippen LogP contribution >= 0.6 is 11.8 Å². The van der Waals surface area contributed by atoms with Gasteiger partial charge in [0.15, 0.2) is 0 Å². The molecule has 0 atom stereocenters. The zero-order chi connectivity index (χ0) is 17.1. The molecule has 6 nitrogen and oxygen atoms in total. The van der Waals surface area contributed by atoms with E-state index in [2.05, 4.69) is 0 Å². The van der Waals surface area contributed by atoms with Gasteiger partial charge in [-0.15, -0.1) is 11.8 Å². The summed E-state index contributed by atoms with van der Waals surface area (Å²) in [6.07, 6.45) is 0. The Morgan fingerprint density at radius 3 is 2.25 bits per heavy atom. The number of carbonyl (C=O) groups is 3. The minimum Gasteiger partial charge on any atom is -0.324 e. The lowest BCUT2D eigenvalue weighted by Gasteiger charge is -2.14.